The Morgan fingerprint density at radius 3 is 1.65 bits per heavy atom. The SMILES string of the molecule is c1ccc(-c2cc(-c3ccccn3)cc(-c3nc(-c4ccccc4)c4ccc(-c5ccccc5)cc4n3)c2)cc1. The van der Waals surface area contributed by atoms with Gasteiger partial charge in [-0.1, -0.05) is 103 Å². The van der Waals surface area contributed by atoms with E-state index >= 15 is 0 Å². The molecule has 0 aliphatic rings. The first-order valence-electron chi connectivity index (χ1n) is 13.4. The lowest BCUT2D eigenvalue weighted by atomic mass is 9.97. The number of benzene rings is 5. The fraction of sp³-hybridized carbons (Fsp3) is 0. The van der Waals surface area contributed by atoms with E-state index in [1.165, 1.54) is 0 Å². The van der Waals surface area contributed by atoms with E-state index in [4.69, 9.17) is 9.97 Å². The van der Waals surface area contributed by atoms with Crippen molar-refractivity contribution in [2.45, 2.75) is 0 Å². The Morgan fingerprint density at radius 1 is 0.375 bits per heavy atom. The minimum Gasteiger partial charge on any atom is -0.256 e. The van der Waals surface area contributed by atoms with Crippen LogP contribution < -0.4 is 0 Å². The smallest absolute Gasteiger partial charge is 0.160 e. The van der Waals surface area contributed by atoms with Gasteiger partial charge in [-0.3, -0.25) is 4.98 Å². The van der Waals surface area contributed by atoms with Crippen LogP contribution in [0.5, 0.6) is 0 Å². The van der Waals surface area contributed by atoms with Crippen LogP contribution in [-0.2, 0) is 0 Å². The third-order valence-electron chi connectivity index (χ3n) is 7.11. The zero-order valence-corrected chi connectivity index (χ0v) is 21.8. The van der Waals surface area contributed by atoms with Crippen LogP contribution >= 0.6 is 0 Å². The van der Waals surface area contributed by atoms with Crippen molar-refractivity contribution in [3.05, 3.63) is 152 Å². The van der Waals surface area contributed by atoms with Gasteiger partial charge in [0.05, 0.1) is 16.9 Å². The summed E-state index contributed by atoms with van der Waals surface area (Å²) >= 11 is 0. The lowest BCUT2D eigenvalue weighted by Crippen LogP contribution is -1.97. The average molecular weight is 512 g/mol. The second kappa shape index (κ2) is 10.4. The molecule has 0 saturated heterocycles. The number of aromatic nitrogens is 3. The molecule has 40 heavy (non-hydrogen) atoms. The molecule has 0 N–H and O–H groups in total. The molecule has 0 atom stereocenters. The van der Waals surface area contributed by atoms with E-state index in [-0.39, 0.29) is 0 Å². The highest BCUT2D eigenvalue weighted by molar-refractivity contribution is 5.96. The summed E-state index contributed by atoms with van der Waals surface area (Å²) in [7, 11) is 0. The normalized spacial score (nSPS) is 11.0. The molecule has 2 heterocycles. The van der Waals surface area contributed by atoms with Gasteiger partial charge in [-0.15, -0.1) is 0 Å². The second-order valence-corrected chi connectivity index (χ2v) is 9.74. The molecule has 7 aromatic rings. The Labute approximate surface area is 233 Å². The molecule has 0 unspecified atom stereocenters. The molecule has 5 aromatic carbocycles. The van der Waals surface area contributed by atoms with Crippen LogP contribution in [0.2, 0.25) is 0 Å². The summed E-state index contributed by atoms with van der Waals surface area (Å²) in [6.45, 7) is 0. The van der Waals surface area contributed by atoms with Crippen LogP contribution in [0.25, 0.3) is 67.1 Å². The molecule has 0 aliphatic carbocycles. The van der Waals surface area contributed by atoms with Crippen molar-refractivity contribution in [3.8, 4) is 56.2 Å². The molecule has 0 aliphatic heterocycles. The average Bonchev–Trinajstić information content (AvgIpc) is 3.05. The Morgan fingerprint density at radius 2 is 0.975 bits per heavy atom. The van der Waals surface area contributed by atoms with E-state index in [0.29, 0.717) is 5.82 Å². The standard InChI is InChI=1S/C37H25N3/c1-4-12-26(13-5-1)29-19-20-33-35(25-29)39-37(40-36(33)28-16-8-3-9-17-28)32-23-30(27-14-6-2-7-15-27)22-31(24-32)34-18-10-11-21-38-34/h1-25H. The van der Waals surface area contributed by atoms with Crippen LogP contribution in [0.4, 0.5) is 0 Å². The fourth-order valence-corrected chi connectivity index (χ4v) is 5.12. The molecule has 0 spiro atoms. The Bertz CT molecular complexity index is 1860. The van der Waals surface area contributed by atoms with Gasteiger partial charge in [-0.2, -0.15) is 0 Å². The van der Waals surface area contributed by atoms with E-state index in [2.05, 4.69) is 114 Å². The molecule has 2 aromatic heterocycles. The van der Waals surface area contributed by atoms with Crippen LogP contribution in [0.3, 0.4) is 0 Å². The molecule has 0 radical (unpaired) electrons. The van der Waals surface area contributed by atoms with Gasteiger partial charge >= 0.3 is 0 Å². The van der Waals surface area contributed by atoms with Crippen molar-refractivity contribution < 1.29 is 0 Å². The number of hydrogen-bond donors (Lipinski definition) is 0. The topological polar surface area (TPSA) is 38.7 Å². The lowest BCUT2D eigenvalue weighted by molar-refractivity contribution is 1.23. The van der Waals surface area contributed by atoms with Crippen molar-refractivity contribution in [2.75, 3.05) is 0 Å². The largest absolute Gasteiger partial charge is 0.256 e. The fourth-order valence-electron chi connectivity index (χ4n) is 5.12. The van der Waals surface area contributed by atoms with Crippen molar-refractivity contribution in [1.82, 2.24) is 15.0 Å². The van der Waals surface area contributed by atoms with E-state index in [1.807, 2.05) is 42.6 Å². The zero-order valence-electron chi connectivity index (χ0n) is 21.8. The molecule has 7 rings (SSSR count). The number of nitrogens with zero attached hydrogens (tertiary/aromatic N) is 3. The molecule has 188 valence electrons. The number of rotatable bonds is 5. The second-order valence-electron chi connectivity index (χ2n) is 9.74. The first-order chi connectivity index (χ1) is 19.8. The van der Waals surface area contributed by atoms with Crippen molar-refractivity contribution in [3.63, 3.8) is 0 Å². The highest BCUT2D eigenvalue weighted by Gasteiger charge is 2.15. The Hall–Kier alpha value is -5.41. The molecule has 3 heteroatoms. The molecule has 0 fully saturated rings. The predicted molar refractivity (Wildman–Crippen MR) is 165 cm³/mol. The van der Waals surface area contributed by atoms with E-state index in [9.17, 15) is 0 Å². The lowest BCUT2D eigenvalue weighted by Gasteiger charge is -2.13. The van der Waals surface area contributed by atoms with Gasteiger partial charge in [0, 0.05) is 28.3 Å². The highest BCUT2D eigenvalue weighted by Crippen LogP contribution is 2.35. The molecule has 0 saturated carbocycles. The van der Waals surface area contributed by atoms with Crippen LogP contribution in [-0.4, -0.2) is 15.0 Å². The van der Waals surface area contributed by atoms with Gasteiger partial charge < -0.3 is 0 Å². The molecule has 0 bridgehead atoms. The third kappa shape index (κ3) is 4.65. The van der Waals surface area contributed by atoms with Crippen LogP contribution in [0, 0.1) is 0 Å². The van der Waals surface area contributed by atoms with Crippen LogP contribution in [0.1, 0.15) is 0 Å². The van der Waals surface area contributed by atoms with Gasteiger partial charge in [-0.25, -0.2) is 9.97 Å². The summed E-state index contributed by atoms with van der Waals surface area (Å²) in [5, 5.41) is 1.03. The monoisotopic (exact) mass is 511 g/mol. The van der Waals surface area contributed by atoms with Gasteiger partial charge in [-0.05, 0) is 64.7 Å². The number of pyridine rings is 1. The minimum atomic E-state index is 0.687. The Balaban J connectivity index is 1.48. The van der Waals surface area contributed by atoms with Gasteiger partial charge in [0.15, 0.2) is 5.82 Å². The van der Waals surface area contributed by atoms with Crippen molar-refractivity contribution >= 4 is 10.9 Å². The van der Waals surface area contributed by atoms with Crippen LogP contribution in [0.15, 0.2) is 152 Å². The summed E-state index contributed by atoms with van der Waals surface area (Å²) in [5.74, 6) is 0.687. The summed E-state index contributed by atoms with van der Waals surface area (Å²) < 4.78 is 0. The van der Waals surface area contributed by atoms with Gasteiger partial charge in [0.1, 0.15) is 0 Å². The van der Waals surface area contributed by atoms with Crippen molar-refractivity contribution in [1.29, 1.82) is 0 Å². The van der Waals surface area contributed by atoms with Gasteiger partial charge in [0.2, 0.25) is 0 Å². The van der Waals surface area contributed by atoms with Crippen molar-refractivity contribution in [2.24, 2.45) is 0 Å². The summed E-state index contributed by atoms with van der Waals surface area (Å²) in [4.78, 5) is 15.0. The maximum Gasteiger partial charge on any atom is 0.160 e. The maximum absolute atomic E-state index is 5.18. The zero-order chi connectivity index (χ0) is 26.7. The van der Waals surface area contributed by atoms with Gasteiger partial charge in [0.25, 0.3) is 0 Å². The summed E-state index contributed by atoms with van der Waals surface area (Å²) in [5.41, 5.74) is 10.3. The molecular weight excluding hydrogens is 486 g/mol. The van der Waals surface area contributed by atoms with E-state index in [1.54, 1.807) is 0 Å². The summed E-state index contributed by atoms with van der Waals surface area (Å²) in [6.07, 6.45) is 1.83. The van der Waals surface area contributed by atoms with E-state index in [0.717, 1.165) is 61.2 Å². The number of hydrogen-bond acceptors (Lipinski definition) is 3. The minimum absolute atomic E-state index is 0.687. The first kappa shape index (κ1) is 23.7. The molecule has 0 amide bonds. The Kier molecular flexibility index (Phi) is 6.15. The van der Waals surface area contributed by atoms with E-state index < -0.39 is 0 Å². The third-order valence-corrected chi connectivity index (χ3v) is 7.11. The quantitative estimate of drug-likeness (QED) is 0.231. The maximum atomic E-state index is 5.18. The number of fused-ring (bicyclic) bond motifs is 1. The highest BCUT2D eigenvalue weighted by atomic mass is 14.9. The molecule has 3 nitrogen and oxygen atoms in total. The molecular formula is C37H25N3. The summed E-state index contributed by atoms with van der Waals surface area (Å²) in [6, 6.07) is 50.2. The predicted octanol–water partition coefficient (Wildman–Crippen LogP) is 9.36. The first-order valence-corrected chi connectivity index (χ1v) is 13.4.